The summed E-state index contributed by atoms with van der Waals surface area (Å²) in [5.41, 5.74) is 0.456. The van der Waals surface area contributed by atoms with Gasteiger partial charge in [0.25, 0.3) is 5.91 Å². The van der Waals surface area contributed by atoms with E-state index < -0.39 is 11.6 Å². The predicted molar refractivity (Wildman–Crippen MR) is 90.9 cm³/mol. The number of hydrogen-bond donors (Lipinski definition) is 1. The zero-order chi connectivity index (χ0) is 17.3. The minimum atomic E-state index is -1.09. The average Bonchev–Trinajstić information content (AvgIpc) is 2.81. The maximum absolute atomic E-state index is 12.8. The second kappa shape index (κ2) is 6.17. The monoisotopic (exact) mass is 344 g/mol. The van der Waals surface area contributed by atoms with Gasteiger partial charge in [-0.3, -0.25) is 9.69 Å². The number of urea groups is 1. The highest BCUT2D eigenvalue weighted by atomic mass is 35.5. The number of ether oxygens (including phenoxy) is 1. The molecule has 3 amide bonds. The van der Waals surface area contributed by atoms with Crippen LogP contribution < -0.4 is 10.1 Å². The minimum absolute atomic E-state index is 0.202. The number of amides is 3. The third-order valence-electron chi connectivity index (χ3n) is 4.20. The molecule has 3 rings (SSSR count). The molecule has 2 aromatic rings. The zero-order valence-electron chi connectivity index (χ0n) is 13.4. The Kier molecular flexibility index (Phi) is 4.20. The predicted octanol–water partition coefficient (Wildman–Crippen LogP) is 3.32. The molecule has 1 N–H and O–H groups in total. The van der Waals surface area contributed by atoms with Gasteiger partial charge < -0.3 is 10.1 Å². The molecule has 2 aromatic carbocycles. The van der Waals surface area contributed by atoms with Crippen LogP contribution in [0.15, 0.2) is 48.5 Å². The van der Waals surface area contributed by atoms with Crippen molar-refractivity contribution in [2.75, 3.05) is 7.11 Å². The third kappa shape index (κ3) is 2.83. The Labute approximate surface area is 145 Å². The van der Waals surface area contributed by atoms with Gasteiger partial charge in [0, 0.05) is 5.02 Å². The molecule has 0 spiro atoms. The first kappa shape index (κ1) is 16.3. The highest BCUT2D eigenvalue weighted by Crippen LogP contribution is 2.31. The van der Waals surface area contributed by atoms with Crippen molar-refractivity contribution in [3.63, 3.8) is 0 Å². The van der Waals surface area contributed by atoms with E-state index in [1.807, 2.05) is 0 Å². The van der Waals surface area contributed by atoms with Gasteiger partial charge >= 0.3 is 6.03 Å². The lowest BCUT2D eigenvalue weighted by Gasteiger charge is -2.22. The van der Waals surface area contributed by atoms with Crippen LogP contribution in [0.2, 0.25) is 5.02 Å². The molecule has 1 aliphatic heterocycles. The van der Waals surface area contributed by atoms with Crippen molar-refractivity contribution >= 4 is 23.5 Å². The number of hydrogen-bond acceptors (Lipinski definition) is 3. The van der Waals surface area contributed by atoms with E-state index in [0.717, 1.165) is 5.56 Å². The second-order valence-electron chi connectivity index (χ2n) is 5.80. The molecule has 1 saturated heterocycles. The first-order chi connectivity index (χ1) is 11.4. The smallest absolute Gasteiger partial charge is 0.325 e. The molecule has 0 aliphatic carbocycles. The van der Waals surface area contributed by atoms with E-state index >= 15 is 0 Å². The lowest BCUT2D eigenvalue weighted by Crippen LogP contribution is -2.40. The number of nitrogens with one attached hydrogen (secondary N) is 1. The van der Waals surface area contributed by atoms with E-state index in [1.165, 1.54) is 4.90 Å². The van der Waals surface area contributed by atoms with Crippen molar-refractivity contribution < 1.29 is 14.3 Å². The van der Waals surface area contributed by atoms with Crippen LogP contribution in [0, 0.1) is 0 Å². The Morgan fingerprint density at radius 2 is 1.71 bits per heavy atom. The van der Waals surface area contributed by atoms with E-state index in [1.54, 1.807) is 62.6 Å². The van der Waals surface area contributed by atoms with Crippen LogP contribution in [0.1, 0.15) is 18.1 Å². The van der Waals surface area contributed by atoms with Gasteiger partial charge in [0.05, 0.1) is 13.7 Å². The van der Waals surface area contributed by atoms with Crippen molar-refractivity contribution in [1.82, 2.24) is 10.2 Å². The summed E-state index contributed by atoms with van der Waals surface area (Å²) in [5.74, 6) is 0.407. The zero-order valence-corrected chi connectivity index (χ0v) is 14.1. The Bertz CT molecular complexity index is 774. The third-order valence-corrected chi connectivity index (χ3v) is 4.45. The fraction of sp³-hybridized carbons (Fsp3) is 0.222. The van der Waals surface area contributed by atoms with Crippen LogP contribution in [0.25, 0.3) is 0 Å². The summed E-state index contributed by atoms with van der Waals surface area (Å²) in [6.07, 6.45) is 0. The van der Waals surface area contributed by atoms with Crippen LogP contribution in [0.3, 0.4) is 0 Å². The molecule has 0 radical (unpaired) electrons. The normalized spacial score (nSPS) is 20.2. The fourth-order valence-electron chi connectivity index (χ4n) is 2.73. The molecule has 24 heavy (non-hydrogen) atoms. The summed E-state index contributed by atoms with van der Waals surface area (Å²) in [6, 6.07) is 13.7. The molecule has 1 atom stereocenters. The Morgan fingerprint density at radius 1 is 1.08 bits per heavy atom. The van der Waals surface area contributed by atoms with Crippen LogP contribution in [-0.2, 0) is 16.9 Å². The molecular formula is C18H17ClN2O3. The van der Waals surface area contributed by atoms with Crippen LogP contribution in [0.4, 0.5) is 4.79 Å². The fourth-order valence-corrected chi connectivity index (χ4v) is 2.86. The van der Waals surface area contributed by atoms with Gasteiger partial charge in [0.1, 0.15) is 11.3 Å². The molecule has 0 unspecified atom stereocenters. The highest BCUT2D eigenvalue weighted by Gasteiger charge is 2.48. The molecule has 1 heterocycles. The Morgan fingerprint density at radius 3 is 2.29 bits per heavy atom. The van der Waals surface area contributed by atoms with Gasteiger partial charge in [-0.1, -0.05) is 35.9 Å². The molecule has 0 bridgehead atoms. The standard InChI is InChI=1S/C18H17ClN2O3/c1-18(13-5-9-15(24-2)10-6-13)16(22)21(17(23)20-18)11-12-3-7-14(19)8-4-12/h3-10H,11H2,1-2H3,(H,20,23)/t18-/m0/s1. The van der Waals surface area contributed by atoms with E-state index in [0.29, 0.717) is 16.3 Å². The summed E-state index contributed by atoms with van der Waals surface area (Å²) < 4.78 is 5.13. The molecule has 124 valence electrons. The van der Waals surface area contributed by atoms with Crippen LogP contribution in [0.5, 0.6) is 5.75 Å². The number of halogens is 1. The first-order valence-electron chi connectivity index (χ1n) is 7.47. The topological polar surface area (TPSA) is 58.6 Å². The van der Waals surface area contributed by atoms with Crippen LogP contribution >= 0.6 is 11.6 Å². The number of carbonyl (C=O) groups is 2. The van der Waals surface area contributed by atoms with Gasteiger partial charge in [-0.05, 0) is 42.3 Å². The van der Waals surface area contributed by atoms with Crippen LogP contribution in [-0.4, -0.2) is 23.9 Å². The average molecular weight is 345 g/mol. The lowest BCUT2D eigenvalue weighted by atomic mass is 9.92. The second-order valence-corrected chi connectivity index (χ2v) is 6.24. The van der Waals surface area contributed by atoms with Crippen molar-refractivity contribution in [3.8, 4) is 5.75 Å². The molecular weight excluding hydrogens is 328 g/mol. The summed E-state index contributed by atoms with van der Waals surface area (Å²) in [6.45, 7) is 1.91. The molecule has 0 saturated carbocycles. The highest BCUT2D eigenvalue weighted by molar-refractivity contribution is 6.30. The summed E-state index contributed by atoms with van der Waals surface area (Å²) >= 11 is 5.87. The van der Waals surface area contributed by atoms with Crippen molar-refractivity contribution in [2.24, 2.45) is 0 Å². The molecule has 1 fully saturated rings. The van der Waals surface area contributed by atoms with Gasteiger partial charge in [0.2, 0.25) is 0 Å². The van der Waals surface area contributed by atoms with Crippen molar-refractivity contribution in [3.05, 3.63) is 64.7 Å². The van der Waals surface area contributed by atoms with Crippen molar-refractivity contribution in [2.45, 2.75) is 19.0 Å². The molecule has 5 nitrogen and oxygen atoms in total. The largest absolute Gasteiger partial charge is 0.497 e. The van der Waals surface area contributed by atoms with Gasteiger partial charge in [-0.25, -0.2) is 4.79 Å². The first-order valence-corrected chi connectivity index (χ1v) is 7.85. The number of methoxy groups -OCH3 is 1. The summed E-state index contributed by atoms with van der Waals surface area (Å²) in [4.78, 5) is 26.4. The Balaban J connectivity index is 1.85. The number of benzene rings is 2. The van der Waals surface area contributed by atoms with Gasteiger partial charge in [-0.15, -0.1) is 0 Å². The van der Waals surface area contributed by atoms with Gasteiger partial charge in [0.15, 0.2) is 0 Å². The minimum Gasteiger partial charge on any atom is -0.497 e. The Hall–Kier alpha value is -2.53. The number of nitrogens with zero attached hydrogens (tertiary/aromatic N) is 1. The molecule has 6 heteroatoms. The summed E-state index contributed by atoms with van der Waals surface area (Å²) in [7, 11) is 1.58. The SMILES string of the molecule is COc1ccc([C@]2(C)NC(=O)N(Cc3ccc(Cl)cc3)C2=O)cc1. The number of carbonyl (C=O) groups excluding carboxylic acids is 2. The molecule has 0 aromatic heterocycles. The summed E-state index contributed by atoms with van der Waals surface area (Å²) in [5, 5.41) is 3.40. The number of imide groups is 1. The van der Waals surface area contributed by atoms with E-state index in [2.05, 4.69) is 5.32 Å². The quantitative estimate of drug-likeness (QED) is 0.866. The van der Waals surface area contributed by atoms with Crippen molar-refractivity contribution in [1.29, 1.82) is 0 Å². The lowest BCUT2D eigenvalue weighted by molar-refractivity contribution is -0.131. The molecule has 1 aliphatic rings. The van der Waals surface area contributed by atoms with E-state index in [9.17, 15) is 9.59 Å². The van der Waals surface area contributed by atoms with Gasteiger partial charge in [-0.2, -0.15) is 0 Å². The van der Waals surface area contributed by atoms with E-state index in [4.69, 9.17) is 16.3 Å². The van der Waals surface area contributed by atoms with E-state index in [-0.39, 0.29) is 12.5 Å². The maximum Gasteiger partial charge on any atom is 0.325 e. The number of rotatable bonds is 4. The maximum atomic E-state index is 12.8.